The van der Waals surface area contributed by atoms with E-state index in [1.807, 2.05) is 38.1 Å². The summed E-state index contributed by atoms with van der Waals surface area (Å²) >= 11 is 7.58. The lowest BCUT2D eigenvalue weighted by Crippen LogP contribution is -2.29. The summed E-state index contributed by atoms with van der Waals surface area (Å²) < 4.78 is 5.23. The summed E-state index contributed by atoms with van der Waals surface area (Å²) in [4.78, 5) is 30.6. The number of aliphatic imine (C=N–C) groups is 1. The van der Waals surface area contributed by atoms with E-state index in [2.05, 4.69) is 4.99 Å². The van der Waals surface area contributed by atoms with Gasteiger partial charge in [-0.15, -0.1) is 0 Å². The number of carboxylic acids is 1. The maximum absolute atomic E-state index is 13.2. The molecule has 1 aliphatic heterocycles. The van der Waals surface area contributed by atoms with Gasteiger partial charge in [0.15, 0.2) is 5.17 Å². The van der Waals surface area contributed by atoms with Crippen molar-refractivity contribution in [2.45, 2.75) is 20.3 Å². The normalized spacial score (nSPS) is 16.6. The van der Waals surface area contributed by atoms with Gasteiger partial charge >= 0.3 is 5.97 Å². The van der Waals surface area contributed by atoms with Gasteiger partial charge in [0, 0.05) is 6.54 Å². The minimum Gasteiger partial charge on any atom is -0.478 e. The summed E-state index contributed by atoms with van der Waals surface area (Å²) in [5, 5.41) is 9.58. The largest absolute Gasteiger partial charge is 0.478 e. The van der Waals surface area contributed by atoms with Gasteiger partial charge < -0.3 is 9.84 Å². The van der Waals surface area contributed by atoms with Crippen LogP contribution in [0.4, 0.5) is 5.69 Å². The summed E-state index contributed by atoms with van der Waals surface area (Å²) in [5.41, 5.74) is 2.52. The van der Waals surface area contributed by atoms with Crippen LogP contribution in [0.25, 0.3) is 6.08 Å². The third-order valence-electron chi connectivity index (χ3n) is 4.29. The molecule has 1 saturated heterocycles. The summed E-state index contributed by atoms with van der Waals surface area (Å²) in [5.74, 6) is -0.943. The van der Waals surface area contributed by atoms with Gasteiger partial charge in [-0.3, -0.25) is 14.7 Å². The number of amides is 1. The van der Waals surface area contributed by atoms with Crippen LogP contribution < -0.4 is 9.64 Å². The molecule has 0 atom stereocenters. The van der Waals surface area contributed by atoms with Gasteiger partial charge in [-0.2, -0.15) is 0 Å². The number of ether oxygens (including phenoxy) is 1. The molecular formula is C23H21ClN2O4S. The van der Waals surface area contributed by atoms with E-state index in [9.17, 15) is 9.59 Å². The standard InChI is InChI=1S/C23H21ClN2O4S/c1-3-11-25-23-26(18-7-5-4-6-15(18)2)22(29)20(31-23)14-16-8-9-19(17(24)13-16)30-12-10-21(27)28/h4-10,12-14H,3,11H2,1-2H3,(H,27,28). The van der Waals surface area contributed by atoms with Crippen molar-refractivity contribution >= 4 is 52.2 Å². The van der Waals surface area contributed by atoms with Crippen LogP contribution in [0.2, 0.25) is 5.02 Å². The van der Waals surface area contributed by atoms with E-state index in [-0.39, 0.29) is 5.91 Å². The molecule has 1 amide bonds. The highest BCUT2D eigenvalue weighted by molar-refractivity contribution is 8.19. The molecule has 1 N–H and O–H groups in total. The molecule has 0 spiro atoms. The van der Waals surface area contributed by atoms with Gasteiger partial charge in [-0.25, -0.2) is 4.79 Å². The van der Waals surface area contributed by atoms with E-state index in [0.29, 0.717) is 27.4 Å². The molecule has 1 aliphatic rings. The molecule has 0 saturated carbocycles. The first-order valence-corrected chi connectivity index (χ1v) is 10.8. The molecule has 0 unspecified atom stereocenters. The van der Waals surface area contributed by atoms with Gasteiger partial charge in [-0.05, 0) is 60.5 Å². The number of thioether (sulfide) groups is 1. The van der Waals surface area contributed by atoms with Gasteiger partial charge in [0.1, 0.15) is 5.75 Å². The van der Waals surface area contributed by atoms with Crippen molar-refractivity contribution in [1.29, 1.82) is 0 Å². The highest BCUT2D eigenvalue weighted by Gasteiger charge is 2.35. The third kappa shape index (κ3) is 5.57. The quantitative estimate of drug-likeness (QED) is 0.438. The first-order chi connectivity index (χ1) is 14.9. The van der Waals surface area contributed by atoms with Crippen LogP contribution in [0.1, 0.15) is 24.5 Å². The van der Waals surface area contributed by atoms with Crippen molar-refractivity contribution in [1.82, 2.24) is 0 Å². The van der Waals surface area contributed by atoms with Crippen molar-refractivity contribution in [2.24, 2.45) is 4.99 Å². The Labute approximate surface area is 189 Å². The maximum atomic E-state index is 13.2. The molecule has 2 aromatic carbocycles. The van der Waals surface area contributed by atoms with Crippen molar-refractivity contribution in [3.63, 3.8) is 0 Å². The minimum absolute atomic E-state index is 0.144. The van der Waals surface area contributed by atoms with Gasteiger partial charge in [0.25, 0.3) is 5.91 Å². The van der Waals surface area contributed by atoms with E-state index in [4.69, 9.17) is 21.4 Å². The molecule has 31 heavy (non-hydrogen) atoms. The lowest BCUT2D eigenvalue weighted by atomic mass is 10.1. The lowest BCUT2D eigenvalue weighted by Gasteiger charge is -2.17. The average molecular weight is 457 g/mol. The number of aliphatic carboxylic acids is 1. The number of hydrogen-bond acceptors (Lipinski definition) is 5. The van der Waals surface area contributed by atoms with Crippen LogP contribution in [-0.4, -0.2) is 28.7 Å². The first kappa shape index (κ1) is 22.7. The fraction of sp³-hybridized carbons (Fsp3) is 0.174. The molecule has 160 valence electrons. The first-order valence-electron chi connectivity index (χ1n) is 9.60. The Kier molecular flexibility index (Phi) is 7.55. The molecular weight excluding hydrogens is 436 g/mol. The number of nitrogens with zero attached hydrogens (tertiary/aromatic N) is 2. The second-order valence-electron chi connectivity index (χ2n) is 6.65. The minimum atomic E-state index is -1.12. The number of rotatable bonds is 7. The molecule has 6 nitrogen and oxygen atoms in total. The average Bonchev–Trinajstić information content (AvgIpc) is 3.03. The number of carbonyl (C=O) groups excluding carboxylic acids is 1. The van der Waals surface area contributed by atoms with E-state index in [1.165, 1.54) is 11.8 Å². The number of carboxylic acid groups (broad SMARTS) is 1. The predicted octanol–water partition coefficient (Wildman–Crippen LogP) is 5.51. The SMILES string of the molecule is CCCN=C1SC(=Cc2ccc(OC=CC(=O)O)c(Cl)c2)C(=O)N1c1ccccc1C. The highest BCUT2D eigenvalue weighted by atomic mass is 35.5. The summed E-state index contributed by atoms with van der Waals surface area (Å²) in [6, 6.07) is 12.7. The van der Waals surface area contributed by atoms with E-state index in [0.717, 1.165) is 35.6 Å². The van der Waals surface area contributed by atoms with Crippen molar-refractivity contribution in [3.8, 4) is 5.75 Å². The Hall–Kier alpha value is -3.03. The number of hydrogen-bond donors (Lipinski definition) is 1. The van der Waals surface area contributed by atoms with Crippen LogP contribution in [0.3, 0.4) is 0 Å². The summed E-state index contributed by atoms with van der Waals surface area (Å²) in [7, 11) is 0. The van der Waals surface area contributed by atoms with Crippen molar-refractivity contribution in [2.75, 3.05) is 11.4 Å². The van der Waals surface area contributed by atoms with Crippen LogP contribution in [0.5, 0.6) is 5.75 Å². The molecule has 0 aliphatic carbocycles. The fourth-order valence-electron chi connectivity index (χ4n) is 2.83. The molecule has 2 aromatic rings. The van der Waals surface area contributed by atoms with Gasteiger partial charge in [-0.1, -0.05) is 42.8 Å². The third-order valence-corrected chi connectivity index (χ3v) is 5.59. The zero-order chi connectivity index (χ0) is 22.4. The molecule has 1 fully saturated rings. The van der Waals surface area contributed by atoms with Crippen LogP contribution >= 0.6 is 23.4 Å². The Morgan fingerprint density at radius 1 is 1.29 bits per heavy atom. The second-order valence-corrected chi connectivity index (χ2v) is 8.07. The highest BCUT2D eigenvalue weighted by Crippen LogP contribution is 2.38. The molecule has 1 heterocycles. The number of amidine groups is 1. The number of anilines is 1. The number of aryl methyl sites for hydroxylation is 1. The van der Waals surface area contributed by atoms with Crippen LogP contribution in [0.15, 0.2) is 64.7 Å². The fourth-order valence-corrected chi connectivity index (χ4v) is 4.06. The van der Waals surface area contributed by atoms with Crippen LogP contribution in [0, 0.1) is 6.92 Å². The summed E-state index contributed by atoms with van der Waals surface area (Å²) in [6.07, 6.45) is 4.56. The Balaban J connectivity index is 1.90. The summed E-state index contributed by atoms with van der Waals surface area (Å²) in [6.45, 7) is 4.63. The monoisotopic (exact) mass is 456 g/mol. The molecule has 0 radical (unpaired) electrons. The number of carbonyl (C=O) groups is 2. The number of para-hydroxylation sites is 1. The van der Waals surface area contributed by atoms with Crippen LogP contribution in [-0.2, 0) is 9.59 Å². The zero-order valence-corrected chi connectivity index (χ0v) is 18.6. The van der Waals surface area contributed by atoms with Crippen molar-refractivity contribution < 1.29 is 19.4 Å². The maximum Gasteiger partial charge on any atom is 0.331 e. The lowest BCUT2D eigenvalue weighted by molar-refractivity contribution is -0.131. The van der Waals surface area contributed by atoms with E-state index in [1.54, 1.807) is 29.2 Å². The molecule has 0 aromatic heterocycles. The number of benzene rings is 2. The second kappa shape index (κ2) is 10.3. The van der Waals surface area contributed by atoms with Gasteiger partial charge in [0.2, 0.25) is 0 Å². The molecule has 0 bridgehead atoms. The number of halogens is 1. The van der Waals surface area contributed by atoms with Gasteiger partial charge in [0.05, 0.1) is 28.0 Å². The predicted molar refractivity (Wildman–Crippen MR) is 126 cm³/mol. The van der Waals surface area contributed by atoms with E-state index < -0.39 is 5.97 Å². The van der Waals surface area contributed by atoms with E-state index >= 15 is 0 Å². The Bertz CT molecular complexity index is 1090. The smallest absolute Gasteiger partial charge is 0.331 e. The Morgan fingerprint density at radius 3 is 2.74 bits per heavy atom. The zero-order valence-electron chi connectivity index (χ0n) is 17.0. The van der Waals surface area contributed by atoms with Crippen molar-refractivity contribution in [3.05, 3.63) is 75.9 Å². The molecule has 3 rings (SSSR count). The molecule has 8 heteroatoms. The Morgan fingerprint density at radius 2 is 2.06 bits per heavy atom. The topological polar surface area (TPSA) is 79.2 Å².